The number of nitrogens with zero attached hydrogens (tertiary/aromatic N) is 3. The van der Waals surface area contributed by atoms with Crippen LogP contribution in [0.4, 0.5) is 10.2 Å². The van der Waals surface area contributed by atoms with Gasteiger partial charge in [-0.25, -0.2) is 4.39 Å². The fourth-order valence-corrected chi connectivity index (χ4v) is 2.72. The van der Waals surface area contributed by atoms with Crippen LogP contribution in [0.1, 0.15) is 16.1 Å². The monoisotopic (exact) mass is 346 g/mol. The van der Waals surface area contributed by atoms with E-state index in [9.17, 15) is 14.0 Å². The zero-order valence-corrected chi connectivity index (χ0v) is 13.9. The number of carbonyl (C=O) groups is 2. The first kappa shape index (κ1) is 17.1. The first-order valence-corrected chi connectivity index (χ1v) is 8.02. The summed E-state index contributed by atoms with van der Waals surface area (Å²) in [4.78, 5) is 27.9. The van der Waals surface area contributed by atoms with Crippen molar-refractivity contribution in [3.63, 3.8) is 0 Å². The molecule has 1 aliphatic heterocycles. The lowest BCUT2D eigenvalue weighted by Gasteiger charge is -2.34. The molecule has 1 aromatic heterocycles. The van der Waals surface area contributed by atoms with Crippen LogP contribution >= 0.6 is 0 Å². The molecule has 7 nitrogen and oxygen atoms in total. The van der Waals surface area contributed by atoms with Crippen LogP contribution in [0.2, 0.25) is 0 Å². The third-order valence-corrected chi connectivity index (χ3v) is 4.03. The molecule has 0 atom stereocenters. The minimum absolute atomic E-state index is 0.0788. The summed E-state index contributed by atoms with van der Waals surface area (Å²) in [7, 11) is 0. The van der Waals surface area contributed by atoms with Gasteiger partial charge in [0.25, 0.3) is 5.91 Å². The van der Waals surface area contributed by atoms with Crippen molar-refractivity contribution in [3.05, 3.63) is 47.5 Å². The van der Waals surface area contributed by atoms with Gasteiger partial charge in [0.2, 0.25) is 5.91 Å². The van der Waals surface area contributed by atoms with Gasteiger partial charge in [0, 0.05) is 32.2 Å². The van der Waals surface area contributed by atoms with Crippen molar-refractivity contribution in [1.82, 2.24) is 15.0 Å². The molecule has 2 amide bonds. The van der Waals surface area contributed by atoms with Gasteiger partial charge < -0.3 is 14.7 Å². The molecule has 0 saturated carbocycles. The SMILES string of the molecule is Cc1cc(NC(=O)CN2CCN(C(=O)c3ccccc3F)CC2)no1. The lowest BCUT2D eigenvalue weighted by atomic mass is 10.1. The Morgan fingerprint density at radius 3 is 2.60 bits per heavy atom. The Bertz CT molecular complexity index is 769. The van der Waals surface area contributed by atoms with E-state index in [0.717, 1.165) is 0 Å². The Morgan fingerprint density at radius 1 is 1.24 bits per heavy atom. The molecule has 0 radical (unpaired) electrons. The Kier molecular flexibility index (Phi) is 5.08. The topological polar surface area (TPSA) is 78.7 Å². The number of nitrogens with one attached hydrogen (secondary N) is 1. The number of benzene rings is 1. The summed E-state index contributed by atoms with van der Waals surface area (Å²) in [5.41, 5.74) is 0.0788. The first-order valence-electron chi connectivity index (χ1n) is 8.02. The van der Waals surface area contributed by atoms with Gasteiger partial charge >= 0.3 is 0 Å². The Labute approximate surface area is 144 Å². The number of rotatable bonds is 4. The van der Waals surface area contributed by atoms with Crippen molar-refractivity contribution in [2.24, 2.45) is 0 Å². The second-order valence-electron chi connectivity index (χ2n) is 5.92. The zero-order chi connectivity index (χ0) is 17.8. The molecule has 0 bridgehead atoms. The zero-order valence-electron chi connectivity index (χ0n) is 13.9. The highest BCUT2D eigenvalue weighted by molar-refractivity contribution is 5.94. The van der Waals surface area contributed by atoms with Gasteiger partial charge in [0.05, 0.1) is 12.1 Å². The average molecular weight is 346 g/mol. The highest BCUT2D eigenvalue weighted by Gasteiger charge is 2.24. The lowest BCUT2D eigenvalue weighted by Crippen LogP contribution is -2.50. The summed E-state index contributed by atoms with van der Waals surface area (Å²) in [6.07, 6.45) is 0. The summed E-state index contributed by atoms with van der Waals surface area (Å²) in [5.74, 6) is -0.0221. The molecule has 1 fully saturated rings. The highest BCUT2D eigenvalue weighted by Crippen LogP contribution is 2.12. The van der Waals surface area contributed by atoms with Gasteiger partial charge in [0.15, 0.2) is 5.82 Å². The van der Waals surface area contributed by atoms with Crippen LogP contribution in [0.25, 0.3) is 0 Å². The Balaban J connectivity index is 1.49. The van der Waals surface area contributed by atoms with E-state index in [0.29, 0.717) is 37.8 Å². The molecule has 0 unspecified atom stereocenters. The molecule has 0 aliphatic carbocycles. The van der Waals surface area contributed by atoms with Crippen LogP contribution in [0.3, 0.4) is 0 Å². The van der Waals surface area contributed by atoms with Crippen LogP contribution < -0.4 is 5.32 Å². The molecule has 1 aliphatic rings. The molecule has 2 aromatic rings. The highest BCUT2D eigenvalue weighted by atomic mass is 19.1. The second-order valence-corrected chi connectivity index (χ2v) is 5.92. The van der Waals surface area contributed by atoms with E-state index in [1.54, 1.807) is 30.0 Å². The number of aromatic nitrogens is 1. The van der Waals surface area contributed by atoms with Crippen molar-refractivity contribution in [3.8, 4) is 0 Å². The standard InChI is InChI=1S/C17H19FN4O3/c1-12-10-15(20-25-12)19-16(23)11-21-6-8-22(9-7-21)17(24)13-4-2-3-5-14(13)18/h2-5,10H,6-9,11H2,1H3,(H,19,20,23). The first-order chi connectivity index (χ1) is 12.0. The van der Waals surface area contributed by atoms with E-state index in [1.165, 1.54) is 12.1 Å². The van der Waals surface area contributed by atoms with Crippen LogP contribution in [0, 0.1) is 12.7 Å². The Morgan fingerprint density at radius 2 is 1.96 bits per heavy atom. The van der Waals surface area contributed by atoms with Crippen molar-refractivity contribution in [2.75, 3.05) is 38.0 Å². The molecule has 1 N–H and O–H groups in total. The lowest BCUT2D eigenvalue weighted by molar-refractivity contribution is -0.117. The number of amides is 2. The van der Waals surface area contributed by atoms with Crippen molar-refractivity contribution in [2.45, 2.75) is 6.92 Å². The number of carbonyl (C=O) groups excluding carboxylic acids is 2. The van der Waals surface area contributed by atoms with Crippen LogP contribution in [-0.2, 0) is 4.79 Å². The maximum absolute atomic E-state index is 13.7. The number of piperazine rings is 1. The fraction of sp³-hybridized carbons (Fsp3) is 0.353. The van der Waals surface area contributed by atoms with Gasteiger partial charge in [-0.15, -0.1) is 0 Å². The Hall–Kier alpha value is -2.74. The van der Waals surface area contributed by atoms with Gasteiger partial charge in [-0.3, -0.25) is 14.5 Å². The largest absolute Gasteiger partial charge is 0.360 e. The normalized spacial score (nSPS) is 15.2. The number of aryl methyl sites for hydroxylation is 1. The fourth-order valence-electron chi connectivity index (χ4n) is 2.72. The molecule has 1 aromatic carbocycles. The predicted molar refractivity (Wildman–Crippen MR) is 88.6 cm³/mol. The third kappa shape index (κ3) is 4.21. The molecule has 8 heteroatoms. The maximum atomic E-state index is 13.7. The molecule has 2 heterocycles. The van der Waals surface area contributed by atoms with Gasteiger partial charge in [-0.05, 0) is 19.1 Å². The van der Waals surface area contributed by atoms with Crippen molar-refractivity contribution < 1.29 is 18.5 Å². The summed E-state index contributed by atoms with van der Waals surface area (Å²) in [6, 6.07) is 7.60. The van der Waals surface area contributed by atoms with E-state index in [1.807, 2.05) is 4.90 Å². The molecule has 132 valence electrons. The van der Waals surface area contributed by atoms with Gasteiger partial charge in [-0.2, -0.15) is 0 Å². The van der Waals surface area contributed by atoms with E-state index in [2.05, 4.69) is 10.5 Å². The molecule has 3 rings (SSSR count). The molecule has 25 heavy (non-hydrogen) atoms. The number of hydrogen-bond donors (Lipinski definition) is 1. The minimum atomic E-state index is -0.516. The van der Waals surface area contributed by atoms with Crippen LogP contribution in [-0.4, -0.2) is 59.5 Å². The summed E-state index contributed by atoms with van der Waals surface area (Å²) in [5, 5.41) is 6.37. The predicted octanol–water partition coefficient (Wildman–Crippen LogP) is 1.52. The summed E-state index contributed by atoms with van der Waals surface area (Å²) >= 11 is 0. The van der Waals surface area contributed by atoms with Gasteiger partial charge in [0.1, 0.15) is 11.6 Å². The summed E-state index contributed by atoms with van der Waals surface area (Å²) < 4.78 is 18.6. The van der Waals surface area contributed by atoms with Crippen molar-refractivity contribution in [1.29, 1.82) is 0 Å². The molecule has 0 spiro atoms. The minimum Gasteiger partial charge on any atom is -0.360 e. The number of hydrogen-bond acceptors (Lipinski definition) is 5. The van der Waals surface area contributed by atoms with Gasteiger partial charge in [-0.1, -0.05) is 17.3 Å². The van der Waals surface area contributed by atoms with E-state index in [-0.39, 0.29) is 23.9 Å². The smallest absolute Gasteiger partial charge is 0.256 e. The molecular formula is C17H19FN4O3. The van der Waals surface area contributed by atoms with E-state index < -0.39 is 5.82 Å². The van der Waals surface area contributed by atoms with Crippen LogP contribution in [0.5, 0.6) is 0 Å². The number of anilines is 1. The van der Waals surface area contributed by atoms with Crippen molar-refractivity contribution >= 4 is 17.6 Å². The number of halogens is 1. The maximum Gasteiger partial charge on any atom is 0.256 e. The quantitative estimate of drug-likeness (QED) is 0.908. The van der Waals surface area contributed by atoms with Crippen LogP contribution in [0.15, 0.2) is 34.9 Å². The van der Waals surface area contributed by atoms with E-state index >= 15 is 0 Å². The second kappa shape index (κ2) is 7.43. The third-order valence-electron chi connectivity index (χ3n) is 4.03. The molecule has 1 saturated heterocycles. The molecular weight excluding hydrogens is 327 g/mol. The average Bonchev–Trinajstić information content (AvgIpc) is 3.00. The summed E-state index contributed by atoms with van der Waals surface area (Å²) in [6.45, 7) is 3.94. The van der Waals surface area contributed by atoms with E-state index in [4.69, 9.17) is 4.52 Å².